The Morgan fingerprint density at radius 2 is 1.81 bits per heavy atom. The Balaban J connectivity index is 1.69. The Hall–Kier alpha value is -3.25. The van der Waals surface area contributed by atoms with E-state index >= 15 is 0 Å². The lowest BCUT2D eigenvalue weighted by molar-refractivity contribution is 0.101. The normalized spacial score (nSPS) is 11.0. The Kier molecular flexibility index (Phi) is 4.12. The number of nitrogen functional groups attached to an aromatic ring is 1. The second-order valence-corrected chi connectivity index (χ2v) is 7.47. The van der Waals surface area contributed by atoms with Gasteiger partial charge in [0.2, 0.25) is 0 Å². The Morgan fingerprint density at radius 3 is 2.52 bits per heavy atom. The van der Waals surface area contributed by atoms with Crippen LogP contribution in [0.15, 0.2) is 48.5 Å². The average molecular weight is 375 g/mol. The topological polar surface area (TPSA) is 85.1 Å². The summed E-state index contributed by atoms with van der Waals surface area (Å²) in [5.41, 5.74) is 9.90. The van der Waals surface area contributed by atoms with E-state index < -0.39 is 0 Å². The van der Waals surface area contributed by atoms with Gasteiger partial charge in [-0.05, 0) is 55.8 Å². The number of carbonyl (C=O) groups excluding carboxylic acids is 2. The molecule has 2 heterocycles. The van der Waals surface area contributed by atoms with Gasteiger partial charge in [-0.3, -0.25) is 9.59 Å². The first-order valence-electron chi connectivity index (χ1n) is 8.44. The molecule has 0 aliphatic heterocycles. The first-order chi connectivity index (χ1) is 12.9. The number of hydrogen-bond donors (Lipinski definition) is 2. The lowest BCUT2D eigenvalue weighted by Gasteiger charge is -2.05. The predicted molar refractivity (Wildman–Crippen MR) is 111 cm³/mol. The molecule has 0 unspecified atom stereocenters. The number of pyridine rings is 1. The van der Waals surface area contributed by atoms with E-state index in [-0.39, 0.29) is 11.7 Å². The molecule has 5 nitrogen and oxygen atoms in total. The van der Waals surface area contributed by atoms with Crippen LogP contribution in [-0.2, 0) is 0 Å². The zero-order valence-corrected chi connectivity index (χ0v) is 15.7. The van der Waals surface area contributed by atoms with E-state index in [1.807, 2.05) is 31.2 Å². The number of rotatable bonds is 3. The summed E-state index contributed by atoms with van der Waals surface area (Å²) < 4.78 is 0. The molecule has 0 aliphatic carbocycles. The molecule has 4 aromatic rings. The Morgan fingerprint density at radius 1 is 1.07 bits per heavy atom. The molecule has 1 amide bonds. The van der Waals surface area contributed by atoms with Gasteiger partial charge in [-0.25, -0.2) is 4.98 Å². The van der Waals surface area contributed by atoms with Crippen LogP contribution in [0.4, 0.5) is 11.4 Å². The van der Waals surface area contributed by atoms with Crippen LogP contribution in [0.3, 0.4) is 0 Å². The summed E-state index contributed by atoms with van der Waals surface area (Å²) in [5, 5.41) is 4.60. The van der Waals surface area contributed by atoms with Crippen molar-refractivity contribution in [2.75, 3.05) is 11.1 Å². The number of aromatic nitrogens is 1. The van der Waals surface area contributed by atoms with Crippen molar-refractivity contribution in [3.05, 3.63) is 64.5 Å². The third-order valence-corrected chi connectivity index (χ3v) is 5.54. The molecule has 27 heavy (non-hydrogen) atoms. The van der Waals surface area contributed by atoms with Crippen LogP contribution in [0.1, 0.15) is 32.5 Å². The lowest BCUT2D eigenvalue weighted by atomic mass is 10.1. The van der Waals surface area contributed by atoms with Crippen LogP contribution in [0.5, 0.6) is 0 Å². The van der Waals surface area contributed by atoms with Gasteiger partial charge in [0.15, 0.2) is 5.78 Å². The van der Waals surface area contributed by atoms with Gasteiger partial charge >= 0.3 is 0 Å². The fourth-order valence-corrected chi connectivity index (χ4v) is 3.93. The first-order valence-corrected chi connectivity index (χ1v) is 9.26. The number of nitrogens with two attached hydrogens (primary N) is 1. The van der Waals surface area contributed by atoms with E-state index in [9.17, 15) is 9.59 Å². The van der Waals surface area contributed by atoms with Crippen molar-refractivity contribution in [3.63, 3.8) is 0 Å². The van der Waals surface area contributed by atoms with E-state index in [0.717, 1.165) is 26.7 Å². The van der Waals surface area contributed by atoms with Crippen LogP contribution in [-0.4, -0.2) is 16.7 Å². The summed E-state index contributed by atoms with van der Waals surface area (Å²) in [6.07, 6.45) is 0. The minimum atomic E-state index is -0.286. The van der Waals surface area contributed by atoms with E-state index in [1.54, 1.807) is 24.3 Å². The standard InChI is InChI=1S/C21H17N3O2S/c1-11-3-4-14-10-16-18(22)19(27-21(16)24-17(14)9-11)20(26)23-15-7-5-13(6-8-15)12(2)25/h3-10H,22H2,1-2H3,(H,23,26). The second-order valence-electron chi connectivity index (χ2n) is 6.47. The van der Waals surface area contributed by atoms with Crippen LogP contribution in [0.25, 0.3) is 21.1 Å². The second kappa shape index (κ2) is 6.48. The predicted octanol–water partition coefficient (Wildman–Crippen LogP) is 4.80. The zero-order chi connectivity index (χ0) is 19.1. The van der Waals surface area contributed by atoms with E-state index in [1.165, 1.54) is 18.3 Å². The van der Waals surface area contributed by atoms with Gasteiger partial charge in [-0.2, -0.15) is 0 Å². The Labute approximate surface area is 159 Å². The molecule has 0 saturated heterocycles. The summed E-state index contributed by atoms with van der Waals surface area (Å²) in [6, 6.07) is 14.8. The highest BCUT2D eigenvalue weighted by Gasteiger charge is 2.18. The van der Waals surface area contributed by atoms with Crippen molar-refractivity contribution in [2.24, 2.45) is 0 Å². The molecule has 0 radical (unpaired) electrons. The molecule has 0 aliphatic rings. The first kappa shape index (κ1) is 17.2. The Bertz CT molecular complexity index is 1210. The summed E-state index contributed by atoms with van der Waals surface area (Å²) >= 11 is 1.28. The summed E-state index contributed by atoms with van der Waals surface area (Å²) in [5.74, 6) is -0.304. The summed E-state index contributed by atoms with van der Waals surface area (Å²) in [6.45, 7) is 3.52. The number of carbonyl (C=O) groups is 2. The smallest absolute Gasteiger partial charge is 0.267 e. The number of ketones is 1. The lowest BCUT2D eigenvalue weighted by Crippen LogP contribution is -2.12. The van der Waals surface area contributed by atoms with Gasteiger partial charge in [0.25, 0.3) is 5.91 Å². The highest BCUT2D eigenvalue weighted by Crippen LogP contribution is 2.35. The molecule has 0 spiro atoms. The molecular formula is C21H17N3O2S. The molecule has 0 fully saturated rings. The molecule has 2 aromatic heterocycles. The maximum Gasteiger partial charge on any atom is 0.267 e. The molecule has 2 aromatic carbocycles. The molecule has 4 rings (SSSR count). The minimum Gasteiger partial charge on any atom is -0.397 e. The van der Waals surface area contributed by atoms with Crippen molar-refractivity contribution in [1.29, 1.82) is 0 Å². The van der Waals surface area contributed by atoms with Crippen LogP contribution >= 0.6 is 11.3 Å². The molecule has 3 N–H and O–H groups in total. The van der Waals surface area contributed by atoms with E-state index in [4.69, 9.17) is 5.73 Å². The van der Waals surface area contributed by atoms with Gasteiger partial charge in [-0.15, -0.1) is 11.3 Å². The summed E-state index contributed by atoms with van der Waals surface area (Å²) in [4.78, 5) is 29.9. The highest BCUT2D eigenvalue weighted by atomic mass is 32.1. The van der Waals surface area contributed by atoms with Crippen molar-refractivity contribution in [3.8, 4) is 0 Å². The van der Waals surface area contributed by atoms with Crippen molar-refractivity contribution >= 4 is 55.5 Å². The fraction of sp³-hybridized carbons (Fsp3) is 0.0952. The number of fused-ring (bicyclic) bond motifs is 2. The number of nitrogens with zero attached hydrogens (tertiary/aromatic N) is 1. The highest BCUT2D eigenvalue weighted by molar-refractivity contribution is 7.21. The van der Waals surface area contributed by atoms with Gasteiger partial charge in [0, 0.05) is 22.0 Å². The average Bonchev–Trinajstić information content (AvgIpc) is 2.96. The SMILES string of the molecule is CC(=O)c1ccc(NC(=O)c2sc3nc4cc(C)ccc4cc3c2N)cc1. The molecule has 0 saturated carbocycles. The number of anilines is 2. The molecule has 0 atom stereocenters. The number of Topliss-reactive ketones (excluding diaryl/α,β-unsaturated/α-hetero) is 1. The van der Waals surface area contributed by atoms with E-state index in [0.29, 0.717) is 21.8 Å². The maximum atomic E-state index is 12.7. The minimum absolute atomic E-state index is 0.0185. The third kappa shape index (κ3) is 3.15. The number of hydrogen-bond acceptors (Lipinski definition) is 5. The zero-order valence-electron chi connectivity index (χ0n) is 14.9. The number of thiophene rings is 1. The molecular weight excluding hydrogens is 358 g/mol. The maximum absolute atomic E-state index is 12.7. The number of aryl methyl sites for hydroxylation is 1. The number of nitrogens with one attached hydrogen (secondary N) is 1. The number of benzene rings is 2. The fourth-order valence-electron chi connectivity index (χ4n) is 2.95. The number of amides is 1. The van der Waals surface area contributed by atoms with Gasteiger partial charge < -0.3 is 11.1 Å². The van der Waals surface area contributed by atoms with Crippen molar-refractivity contribution in [1.82, 2.24) is 4.98 Å². The van der Waals surface area contributed by atoms with E-state index in [2.05, 4.69) is 10.3 Å². The van der Waals surface area contributed by atoms with Crippen molar-refractivity contribution in [2.45, 2.75) is 13.8 Å². The summed E-state index contributed by atoms with van der Waals surface area (Å²) in [7, 11) is 0. The van der Waals surface area contributed by atoms with Gasteiger partial charge in [0.1, 0.15) is 9.71 Å². The quantitative estimate of drug-likeness (QED) is 0.504. The molecule has 0 bridgehead atoms. The van der Waals surface area contributed by atoms with Crippen LogP contribution < -0.4 is 11.1 Å². The van der Waals surface area contributed by atoms with Gasteiger partial charge in [-0.1, -0.05) is 12.1 Å². The largest absolute Gasteiger partial charge is 0.397 e. The van der Waals surface area contributed by atoms with Crippen molar-refractivity contribution < 1.29 is 9.59 Å². The third-order valence-electron chi connectivity index (χ3n) is 4.43. The van der Waals surface area contributed by atoms with Crippen LogP contribution in [0, 0.1) is 6.92 Å². The monoisotopic (exact) mass is 375 g/mol. The molecule has 6 heteroatoms. The van der Waals surface area contributed by atoms with Gasteiger partial charge in [0.05, 0.1) is 11.2 Å². The molecule has 134 valence electrons. The van der Waals surface area contributed by atoms with Crippen LogP contribution in [0.2, 0.25) is 0 Å².